The lowest BCUT2D eigenvalue weighted by Crippen LogP contribution is -2.35. The van der Waals surface area contributed by atoms with Gasteiger partial charge in [0.05, 0.1) is 13.2 Å². The van der Waals surface area contributed by atoms with Crippen LogP contribution in [0.5, 0.6) is 11.5 Å². The minimum absolute atomic E-state index is 0.108. The fraction of sp³-hybridized carbons (Fsp3) is 0.185. The molecule has 4 nitrogen and oxygen atoms in total. The highest BCUT2D eigenvalue weighted by Gasteiger charge is 2.48. The van der Waals surface area contributed by atoms with Crippen molar-refractivity contribution in [2.45, 2.75) is 19.0 Å². The van der Waals surface area contributed by atoms with Gasteiger partial charge in [0, 0.05) is 11.6 Å². The molecule has 168 valence electrons. The quantitative estimate of drug-likeness (QED) is 0.217. The first-order chi connectivity index (χ1) is 16.1. The molecule has 3 atom stereocenters. The Balaban J connectivity index is 1.80. The lowest BCUT2D eigenvalue weighted by molar-refractivity contribution is 0.243. The molecule has 1 heterocycles. The van der Waals surface area contributed by atoms with Gasteiger partial charge in [-0.3, -0.25) is 4.57 Å². The Morgan fingerprint density at radius 3 is 2.36 bits per heavy atom. The molecule has 0 N–H and O–H groups in total. The van der Waals surface area contributed by atoms with Gasteiger partial charge in [0.1, 0.15) is 17.1 Å². The van der Waals surface area contributed by atoms with Crippen LogP contribution in [0.4, 0.5) is 0 Å². The first kappa shape index (κ1) is 22.0. The third kappa shape index (κ3) is 3.83. The van der Waals surface area contributed by atoms with Crippen molar-refractivity contribution in [1.82, 2.24) is 4.67 Å². The standard InChI is InChI=1S/C27H25ClNO3P/c1-19(20-8-4-3-5-9-20)29-27(22-12-15-23(31-2)16-13-22)26-24-11-7-6-10-21(24)14-17-25(26)32-33(29,30)18-28/h3-17,19,27H,18H2,1-2H3/t19-,27-,33-/m0/s1. The average Bonchev–Trinajstić information content (AvgIpc) is 2.88. The van der Waals surface area contributed by atoms with Gasteiger partial charge in [-0.15, -0.1) is 11.6 Å². The van der Waals surface area contributed by atoms with Crippen molar-refractivity contribution >= 4 is 29.9 Å². The normalized spacial score (nSPS) is 21.2. The number of hydrogen-bond donors (Lipinski definition) is 0. The molecule has 5 rings (SSSR count). The van der Waals surface area contributed by atoms with Crippen LogP contribution in [-0.2, 0) is 4.57 Å². The molecule has 0 fully saturated rings. The highest BCUT2D eigenvalue weighted by Crippen LogP contribution is 2.65. The number of benzene rings is 4. The summed E-state index contributed by atoms with van der Waals surface area (Å²) >= 11 is 6.38. The van der Waals surface area contributed by atoms with E-state index in [0.717, 1.165) is 33.2 Å². The summed E-state index contributed by atoms with van der Waals surface area (Å²) in [5.41, 5.74) is 2.94. The summed E-state index contributed by atoms with van der Waals surface area (Å²) in [6, 6.07) is 29.6. The van der Waals surface area contributed by atoms with Gasteiger partial charge in [-0.1, -0.05) is 72.8 Å². The van der Waals surface area contributed by atoms with E-state index in [-0.39, 0.29) is 17.7 Å². The molecular weight excluding hydrogens is 453 g/mol. The van der Waals surface area contributed by atoms with Crippen LogP contribution in [0.2, 0.25) is 0 Å². The Hall–Kier alpha value is -2.78. The van der Waals surface area contributed by atoms with E-state index in [2.05, 4.69) is 19.1 Å². The molecule has 4 aromatic rings. The van der Waals surface area contributed by atoms with Crippen LogP contribution >= 0.6 is 19.1 Å². The van der Waals surface area contributed by atoms with Gasteiger partial charge in [0.25, 0.3) is 0 Å². The molecule has 0 saturated heterocycles. The lowest BCUT2D eigenvalue weighted by Gasteiger charge is -2.45. The van der Waals surface area contributed by atoms with Crippen LogP contribution in [0, 0.1) is 0 Å². The van der Waals surface area contributed by atoms with Crippen molar-refractivity contribution in [3.8, 4) is 11.5 Å². The number of methoxy groups -OCH3 is 1. The number of alkyl halides is 1. The largest absolute Gasteiger partial charge is 0.497 e. The number of fused-ring (bicyclic) bond motifs is 3. The molecule has 0 unspecified atom stereocenters. The van der Waals surface area contributed by atoms with Gasteiger partial charge < -0.3 is 9.26 Å². The average molecular weight is 478 g/mol. The van der Waals surface area contributed by atoms with E-state index in [1.165, 1.54) is 0 Å². The zero-order chi connectivity index (χ0) is 23.0. The van der Waals surface area contributed by atoms with Crippen molar-refractivity contribution < 1.29 is 13.8 Å². The fourth-order valence-corrected chi connectivity index (χ4v) is 7.22. The van der Waals surface area contributed by atoms with Gasteiger partial charge in [-0.2, -0.15) is 0 Å². The third-order valence-electron chi connectivity index (χ3n) is 6.32. The van der Waals surface area contributed by atoms with Crippen LogP contribution in [0.1, 0.15) is 35.7 Å². The van der Waals surface area contributed by atoms with Gasteiger partial charge in [0.15, 0.2) is 0 Å². The van der Waals surface area contributed by atoms with E-state index in [4.69, 9.17) is 20.9 Å². The van der Waals surface area contributed by atoms with Crippen molar-refractivity contribution in [2.75, 3.05) is 12.7 Å². The smallest absolute Gasteiger partial charge is 0.335 e. The summed E-state index contributed by atoms with van der Waals surface area (Å²) in [4.78, 5) is 0. The third-order valence-corrected chi connectivity index (χ3v) is 9.29. The van der Waals surface area contributed by atoms with Gasteiger partial charge in [0.2, 0.25) is 0 Å². The van der Waals surface area contributed by atoms with Crippen molar-refractivity contribution in [3.05, 3.63) is 108 Å². The molecular formula is C27H25ClNO3P. The second kappa shape index (κ2) is 8.87. The molecule has 6 heteroatoms. The van der Waals surface area contributed by atoms with Crippen molar-refractivity contribution in [1.29, 1.82) is 0 Å². The van der Waals surface area contributed by atoms with Crippen molar-refractivity contribution in [3.63, 3.8) is 0 Å². The maximum Gasteiger partial charge on any atom is 0.335 e. The molecule has 1 aliphatic heterocycles. The summed E-state index contributed by atoms with van der Waals surface area (Å²) in [6.45, 7) is 2.06. The van der Waals surface area contributed by atoms with E-state index >= 15 is 0 Å². The summed E-state index contributed by atoms with van der Waals surface area (Å²) in [5, 5.41) is 2.18. The molecule has 4 aromatic carbocycles. The monoisotopic (exact) mass is 477 g/mol. The first-order valence-electron chi connectivity index (χ1n) is 10.9. The Morgan fingerprint density at radius 1 is 0.970 bits per heavy atom. The van der Waals surface area contributed by atoms with E-state index in [0.29, 0.717) is 5.75 Å². The van der Waals surface area contributed by atoms with Crippen LogP contribution in [0.15, 0.2) is 91.0 Å². The predicted octanol–water partition coefficient (Wildman–Crippen LogP) is 7.78. The van der Waals surface area contributed by atoms with Gasteiger partial charge in [-0.25, -0.2) is 4.67 Å². The molecule has 0 bridgehead atoms. The Bertz CT molecular complexity index is 1330. The molecule has 0 amide bonds. The van der Waals surface area contributed by atoms with Crippen LogP contribution in [0.25, 0.3) is 10.8 Å². The minimum atomic E-state index is -3.41. The summed E-state index contributed by atoms with van der Waals surface area (Å²) < 4.78 is 27.9. The summed E-state index contributed by atoms with van der Waals surface area (Å²) in [5.74, 6) is 1.39. The maximum absolute atomic E-state index is 14.3. The molecule has 0 radical (unpaired) electrons. The number of hydrogen-bond acceptors (Lipinski definition) is 3. The topological polar surface area (TPSA) is 38.8 Å². The Morgan fingerprint density at radius 2 is 1.67 bits per heavy atom. The maximum atomic E-state index is 14.3. The fourth-order valence-electron chi connectivity index (χ4n) is 4.71. The second-order valence-electron chi connectivity index (χ2n) is 8.19. The van der Waals surface area contributed by atoms with Gasteiger partial charge in [-0.05, 0) is 47.0 Å². The SMILES string of the molecule is COc1ccc([C@H]2c3c(ccc4ccccc34)O[P@@](=O)(CCl)N2[C@@H](C)c2ccccc2)cc1. The van der Waals surface area contributed by atoms with Gasteiger partial charge >= 0.3 is 7.52 Å². The minimum Gasteiger partial charge on any atom is -0.497 e. The zero-order valence-corrected chi connectivity index (χ0v) is 20.2. The molecule has 0 spiro atoms. The zero-order valence-electron chi connectivity index (χ0n) is 18.5. The predicted molar refractivity (Wildman–Crippen MR) is 134 cm³/mol. The summed E-state index contributed by atoms with van der Waals surface area (Å²) in [7, 11) is -1.76. The van der Waals surface area contributed by atoms with E-state index in [9.17, 15) is 4.57 Å². The highest BCUT2D eigenvalue weighted by atomic mass is 35.5. The van der Waals surface area contributed by atoms with E-state index < -0.39 is 7.52 Å². The number of rotatable bonds is 5. The number of ether oxygens (including phenoxy) is 1. The number of nitrogens with zero attached hydrogens (tertiary/aromatic N) is 1. The van der Waals surface area contributed by atoms with Crippen LogP contribution in [-0.4, -0.2) is 17.4 Å². The van der Waals surface area contributed by atoms with E-state index in [1.807, 2.05) is 83.5 Å². The Kier molecular flexibility index (Phi) is 5.92. The van der Waals surface area contributed by atoms with Crippen LogP contribution in [0.3, 0.4) is 0 Å². The molecule has 33 heavy (non-hydrogen) atoms. The molecule has 1 aliphatic rings. The first-order valence-corrected chi connectivity index (χ1v) is 13.2. The number of halogens is 1. The molecule has 0 aromatic heterocycles. The lowest BCUT2D eigenvalue weighted by atomic mass is 9.91. The van der Waals surface area contributed by atoms with E-state index in [1.54, 1.807) is 7.11 Å². The van der Waals surface area contributed by atoms with Crippen molar-refractivity contribution in [2.24, 2.45) is 0 Å². The highest BCUT2D eigenvalue weighted by molar-refractivity contribution is 7.58. The second-order valence-corrected chi connectivity index (χ2v) is 11.1. The van der Waals surface area contributed by atoms with Crippen LogP contribution < -0.4 is 9.26 Å². The Labute approximate surface area is 199 Å². The summed E-state index contributed by atoms with van der Waals surface area (Å²) in [6.07, 6.45) is 0. The molecule has 0 aliphatic carbocycles. The molecule has 0 saturated carbocycles.